The molecule has 1 heterocycles. The van der Waals surface area contributed by atoms with E-state index in [1.54, 1.807) is 6.20 Å². The minimum Gasteiger partial charge on any atom is -0.391 e. The quantitative estimate of drug-likeness (QED) is 0.771. The Labute approximate surface area is 96.7 Å². The van der Waals surface area contributed by atoms with Crippen molar-refractivity contribution in [3.8, 4) is 0 Å². The van der Waals surface area contributed by atoms with Gasteiger partial charge in [-0.05, 0) is 19.8 Å². The lowest BCUT2D eigenvalue weighted by molar-refractivity contribution is 0.144. The van der Waals surface area contributed by atoms with Gasteiger partial charge in [0.25, 0.3) is 0 Å². The van der Waals surface area contributed by atoms with Crippen LogP contribution in [0.15, 0.2) is 12.4 Å². The van der Waals surface area contributed by atoms with E-state index in [-0.39, 0.29) is 12.1 Å². The van der Waals surface area contributed by atoms with Crippen LogP contribution in [0.3, 0.4) is 0 Å². The summed E-state index contributed by atoms with van der Waals surface area (Å²) in [6.07, 6.45) is 9.05. The Bertz CT molecular complexity index is 324. The first-order chi connectivity index (χ1) is 7.81. The molecule has 16 heavy (non-hydrogen) atoms. The van der Waals surface area contributed by atoms with Gasteiger partial charge >= 0.3 is 0 Å². The topological polar surface area (TPSA) is 50.1 Å². The highest BCUT2D eigenvalue weighted by Crippen LogP contribution is 2.21. The molecule has 2 atom stereocenters. The van der Waals surface area contributed by atoms with E-state index < -0.39 is 0 Å². The summed E-state index contributed by atoms with van der Waals surface area (Å²) in [5.41, 5.74) is 0. The summed E-state index contributed by atoms with van der Waals surface area (Å²) >= 11 is 0. The predicted molar refractivity (Wildman–Crippen MR) is 64.4 cm³/mol. The van der Waals surface area contributed by atoms with Crippen LogP contribution in [-0.2, 0) is 6.54 Å². The normalized spacial score (nSPS) is 26.4. The van der Waals surface area contributed by atoms with E-state index in [0.29, 0.717) is 0 Å². The summed E-state index contributed by atoms with van der Waals surface area (Å²) in [7, 11) is 0. The number of hydrogen-bond donors (Lipinski definition) is 2. The molecule has 4 heteroatoms. The van der Waals surface area contributed by atoms with E-state index in [1.165, 1.54) is 12.8 Å². The molecule has 2 rings (SSSR count). The maximum Gasteiger partial charge on any atom is 0.203 e. The van der Waals surface area contributed by atoms with Crippen LogP contribution in [0.1, 0.15) is 39.0 Å². The van der Waals surface area contributed by atoms with Crippen LogP contribution in [0, 0.1) is 0 Å². The van der Waals surface area contributed by atoms with Crippen LogP contribution in [0.25, 0.3) is 0 Å². The van der Waals surface area contributed by atoms with Gasteiger partial charge in [-0.15, -0.1) is 0 Å². The van der Waals surface area contributed by atoms with E-state index in [4.69, 9.17) is 0 Å². The number of anilines is 1. The van der Waals surface area contributed by atoms with Crippen LogP contribution in [-0.4, -0.2) is 26.8 Å². The second-order valence-corrected chi connectivity index (χ2v) is 4.49. The fourth-order valence-corrected chi connectivity index (χ4v) is 2.33. The molecule has 0 spiro atoms. The van der Waals surface area contributed by atoms with Crippen molar-refractivity contribution in [1.82, 2.24) is 9.55 Å². The number of nitrogens with zero attached hydrogens (tertiary/aromatic N) is 2. The molecule has 1 aliphatic rings. The minimum atomic E-state index is -0.232. The van der Waals surface area contributed by atoms with E-state index in [0.717, 1.165) is 31.8 Å². The van der Waals surface area contributed by atoms with E-state index in [2.05, 4.69) is 21.8 Å². The third-order valence-corrected chi connectivity index (χ3v) is 3.35. The van der Waals surface area contributed by atoms with Crippen LogP contribution in [0.5, 0.6) is 0 Å². The fourth-order valence-electron chi connectivity index (χ4n) is 2.33. The van der Waals surface area contributed by atoms with Crippen molar-refractivity contribution >= 4 is 5.95 Å². The van der Waals surface area contributed by atoms with Gasteiger partial charge in [-0.25, -0.2) is 4.98 Å². The summed E-state index contributed by atoms with van der Waals surface area (Å²) in [5, 5.41) is 13.4. The van der Waals surface area contributed by atoms with Gasteiger partial charge in [-0.2, -0.15) is 0 Å². The molecular weight excluding hydrogens is 202 g/mol. The number of aliphatic hydroxyl groups excluding tert-OH is 1. The highest BCUT2D eigenvalue weighted by Gasteiger charge is 2.22. The van der Waals surface area contributed by atoms with Gasteiger partial charge in [0.15, 0.2) is 0 Å². The molecule has 1 aromatic heterocycles. The number of imidazole rings is 1. The molecule has 0 radical (unpaired) electrons. The Balaban J connectivity index is 2.01. The zero-order valence-corrected chi connectivity index (χ0v) is 9.89. The Morgan fingerprint density at radius 3 is 3.06 bits per heavy atom. The Morgan fingerprint density at radius 1 is 1.44 bits per heavy atom. The van der Waals surface area contributed by atoms with Gasteiger partial charge in [-0.1, -0.05) is 19.3 Å². The average molecular weight is 223 g/mol. The van der Waals surface area contributed by atoms with Crippen molar-refractivity contribution in [2.75, 3.05) is 5.32 Å². The largest absolute Gasteiger partial charge is 0.391 e. The van der Waals surface area contributed by atoms with Crippen LogP contribution in [0.2, 0.25) is 0 Å². The maximum atomic E-state index is 10.0. The van der Waals surface area contributed by atoms with Gasteiger partial charge in [0, 0.05) is 18.9 Å². The molecule has 4 nitrogen and oxygen atoms in total. The molecular formula is C12H21N3O. The molecule has 0 bridgehead atoms. The van der Waals surface area contributed by atoms with E-state index >= 15 is 0 Å². The van der Waals surface area contributed by atoms with Crippen molar-refractivity contribution in [1.29, 1.82) is 0 Å². The molecule has 1 aliphatic carbocycles. The first-order valence-corrected chi connectivity index (χ1v) is 6.27. The number of hydrogen-bond acceptors (Lipinski definition) is 3. The van der Waals surface area contributed by atoms with Crippen LogP contribution in [0.4, 0.5) is 5.95 Å². The van der Waals surface area contributed by atoms with Gasteiger partial charge in [0.1, 0.15) is 0 Å². The lowest BCUT2D eigenvalue weighted by Crippen LogP contribution is -2.33. The summed E-state index contributed by atoms with van der Waals surface area (Å²) in [4.78, 5) is 4.29. The molecule has 0 saturated heterocycles. The molecule has 2 N–H and O–H groups in total. The zero-order chi connectivity index (χ0) is 11.4. The second-order valence-electron chi connectivity index (χ2n) is 4.49. The third-order valence-electron chi connectivity index (χ3n) is 3.35. The highest BCUT2D eigenvalue weighted by atomic mass is 16.3. The number of nitrogens with one attached hydrogen (secondary N) is 1. The Morgan fingerprint density at radius 2 is 2.25 bits per heavy atom. The van der Waals surface area contributed by atoms with Crippen LogP contribution < -0.4 is 5.32 Å². The minimum absolute atomic E-state index is 0.162. The van der Waals surface area contributed by atoms with Crippen molar-refractivity contribution in [2.45, 2.75) is 57.7 Å². The number of aryl methyl sites for hydroxylation is 1. The van der Waals surface area contributed by atoms with Gasteiger partial charge < -0.3 is 15.0 Å². The standard InChI is InChI=1S/C12H21N3O/c1-2-15-9-8-13-12(15)14-10-6-4-3-5-7-11(10)16/h8-11,16H,2-7H2,1H3,(H,13,14). The summed E-state index contributed by atoms with van der Waals surface area (Å²) in [5.74, 6) is 0.883. The Hall–Kier alpha value is -1.03. The van der Waals surface area contributed by atoms with Gasteiger partial charge in [0.2, 0.25) is 5.95 Å². The molecule has 0 aliphatic heterocycles. The van der Waals surface area contributed by atoms with E-state index in [1.807, 2.05) is 6.20 Å². The number of rotatable bonds is 3. The molecule has 1 saturated carbocycles. The highest BCUT2D eigenvalue weighted by molar-refractivity contribution is 5.28. The molecule has 90 valence electrons. The average Bonchev–Trinajstić information content (AvgIpc) is 2.64. The maximum absolute atomic E-state index is 10.0. The second kappa shape index (κ2) is 5.34. The molecule has 0 aromatic carbocycles. The SMILES string of the molecule is CCn1ccnc1NC1CCCCCC1O. The predicted octanol–water partition coefficient (Wildman–Crippen LogP) is 2.01. The van der Waals surface area contributed by atoms with Gasteiger partial charge in [0.05, 0.1) is 12.1 Å². The Kier molecular flexibility index (Phi) is 3.83. The number of aromatic nitrogens is 2. The lowest BCUT2D eigenvalue weighted by atomic mass is 10.1. The molecule has 0 amide bonds. The van der Waals surface area contributed by atoms with Crippen molar-refractivity contribution in [2.24, 2.45) is 0 Å². The summed E-state index contributed by atoms with van der Waals surface area (Å²) in [6.45, 7) is 3.00. The fraction of sp³-hybridized carbons (Fsp3) is 0.750. The first-order valence-electron chi connectivity index (χ1n) is 6.27. The summed E-state index contributed by atoms with van der Waals surface area (Å²) in [6, 6.07) is 0.162. The van der Waals surface area contributed by atoms with Crippen molar-refractivity contribution in [3.05, 3.63) is 12.4 Å². The number of aliphatic hydroxyl groups is 1. The monoisotopic (exact) mass is 223 g/mol. The molecule has 2 unspecified atom stereocenters. The van der Waals surface area contributed by atoms with Crippen molar-refractivity contribution in [3.63, 3.8) is 0 Å². The molecule has 1 fully saturated rings. The zero-order valence-electron chi connectivity index (χ0n) is 9.89. The van der Waals surface area contributed by atoms with Crippen LogP contribution >= 0.6 is 0 Å². The van der Waals surface area contributed by atoms with E-state index in [9.17, 15) is 5.11 Å². The summed E-state index contributed by atoms with van der Waals surface area (Å²) < 4.78 is 2.07. The third kappa shape index (κ3) is 2.55. The first kappa shape index (κ1) is 11.5. The van der Waals surface area contributed by atoms with Crippen molar-refractivity contribution < 1.29 is 5.11 Å². The molecule has 1 aromatic rings. The smallest absolute Gasteiger partial charge is 0.203 e. The van der Waals surface area contributed by atoms with Gasteiger partial charge in [-0.3, -0.25) is 0 Å². The lowest BCUT2D eigenvalue weighted by Gasteiger charge is -2.22.